The van der Waals surface area contributed by atoms with E-state index < -0.39 is 0 Å². The first kappa shape index (κ1) is 13.0. The Bertz CT molecular complexity index is 443. The van der Waals surface area contributed by atoms with Gasteiger partial charge in [-0.25, -0.2) is 0 Å². The van der Waals surface area contributed by atoms with Gasteiger partial charge in [0.1, 0.15) is 5.75 Å². The molecule has 3 rings (SSSR count). The van der Waals surface area contributed by atoms with Crippen molar-refractivity contribution in [2.45, 2.75) is 25.2 Å². The van der Waals surface area contributed by atoms with Crippen LogP contribution in [0.2, 0.25) is 0 Å². The van der Waals surface area contributed by atoms with Gasteiger partial charge in [0.25, 0.3) is 0 Å². The largest absolute Gasteiger partial charge is 0.496 e. The summed E-state index contributed by atoms with van der Waals surface area (Å²) in [5, 5.41) is 0. The number of nitrogens with zero attached hydrogens (tertiary/aromatic N) is 1. The minimum Gasteiger partial charge on any atom is -0.496 e. The predicted molar refractivity (Wildman–Crippen MR) is 78.6 cm³/mol. The zero-order chi connectivity index (χ0) is 13.4. The second-order valence-corrected chi connectivity index (χ2v) is 6.53. The summed E-state index contributed by atoms with van der Waals surface area (Å²) in [4.78, 5) is 2.35. The molecular weight excluding hydrogens is 234 g/mol. The van der Waals surface area contributed by atoms with E-state index >= 15 is 0 Å². The fourth-order valence-corrected chi connectivity index (χ4v) is 4.52. The van der Waals surface area contributed by atoms with E-state index in [0.29, 0.717) is 5.92 Å². The van der Waals surface area contributed by atoms with Crippen LogP contribution in [0.1, 0.15) is 30.7 Å². The average Bonchev–Trinajstić information content (AvgIpc) is 2.99. The first-order valence-corrected chi connectivity index (χ1v) is 7.48. The van der Waals surface area contributed by atoms with Gasteiger partial charge in [0, 0.05) is 6.54 Å². The molecule has 0 heterocycles. The lowest BCUT2D eigenvalue weighted by molar-refractivity contribution is 0.216. The van der Waals surface area contributed by atoms with Crippen molar-refractivity contribution < 1.29 is 4.74 Å². The lowest BCUT2D eigenvalue weighted by Gasteiger charge is -2.34. The normalized spacial score (nSPS) is 33.1. The summed E-state index contributed by atoms with van der Waals surface area (Å²) in [5.74, 6) is 4.42. The van der Waals surface area contributed by atoms with Crippen molar-refractivity contribution in [3.63, 3.8) is 0 Å². The van der Waals surface area contributed by atoms with Gasteiger partial charge in [0.2, 0.25) is 0 Å². The summed E-state index contributed by atoms with van der Waals surface area (Å²) in [6, 6.07) is 8.65. The topological polar surface area (TPSA) is 12.5 Å². The molecule has 2 bridgehead atoms. The maximum Gasteiger partial charge on any atom is 0.122 e. The Kier molecular flexibility index (Phi) is 3.53. The number of fused-ring (bicyclic) bond motifs is 2. The zero-order valence-corrected chi connectivity index (χ0v) is 12.3. The molecule has 0 amide bonds. The molecule has 0 unspecified atom stereocenters. The SMILES string of the molecule is COc1ccccc1[C@@H]1[C@H]2CC[C@H](C2)[C@H]1CN(C)C. The van der Waals surface area contributed by atoms with Crippen LogP contribution in [0.25, 0.3) is 0 Å². The molecule has 0 N–H and O–H groups in total. The van der Waals surface area contributed by atoms with Gasteiger partial charge in [0.15, 0.2) is 0 Å². The second-order valence-electron chi connectivity index (χ2n) is 6.53. The minimum atomic E-state index is 0.706. The van der Waals surface area contributed by atoms with Crippen LogP contribution in [0.4, 0.5) is 0 Å². The van der Waals surface area contributed by atoms with E-state index in [9.17, 15) is 0 Å². The van der Waals surface area contributed by atoms with E-state index in [4.69, 9.17) is 4.74 Å². The number of benzene rings is 1. The highest BCUT2D eigenvalue weighted by atomic mass is 16.5. The Morgan fingerprint density at radius 3 is 2.63 bits per heavy atom. The van der Waals surface area contributed by atoms with Gasteiger partial charge >= 0.3 is 0 Å². The van der Waals surface area contributed by atoms with Crippen LogP contribution in [0.5, 0.6) is 5.75 Å². The number of rotatable bonds is 4. The molecule has 2 aliphatic rings. The molecule has 0 saturated heterocycles. The molecule has 2 nitrogen and oxygen atoms in total. The van der Waals surface area contributed by atoms with Crippen molar-refractivity contribution in [1.29, 1.82) is 0 Å². The van der Waals surface area contributed by atoms with Crippen LogP contribution in [-0.4, -0.2) is 32.6 Å². The van der Waals surface area contributed by atoms with Gasteiger partial charge in [-0.2, -0.15) is 0 Å². The van der Waals surface area contributed by atoms with Crippen LogP contribution >= 0.6 is 0 Å². The van der Waals surface area contributed by atoms with Gasteiger partial charge < -0.3 is 9.64 Å². The van der Waals surface area contributed by atoms with Crippen LogP contribution in [0.15, 0.2) is 24.3 Å². The van der Waals surface area contributed by atoms with Crippen molar-refractivity contribution in [3.8, 4) is 5.75 Å². The number of ether oxygens (including phenoxy) is 1. The molecule has 0 aromatic heterocycles. The fourth-order valence-electron chi connectivity index (χ4n) is 4.52. The maximum absolute atomic E-state index is 5.61. The van der Waals surface area contributed by atoms with E-state index in [0.717, 1.165) is 23.5 Å². The standard InChI is InChI=1S/C17H25NO/c1-18(2)11-15-12-8-9-13(10-12)17(15)14-6-4-5-7-16(14)19-3/h4-7,12-13,15,17H,8-11H2,1-3H3/t12-,13+,15-,17+/m1/s1. The average molecular weight is 259 g/mol. The second kappa shape index (κ2) is 5.16. The monoisotopic (exact) mass is 259 g/mol. The molecule has 1 aromatic carbocycles. The highest BCUT2D eigenvalue weighted by molar-refractivity contribution is 5.38. The first-order chi connectivity index (χ1) is 9.20. The third-order valence-corrected chi connectivity index (χ3v) is 5.16. The molecule has 0 aliphatic heterocycles. The van der Waals surface area contributed by atoms with E-state index in [1.54, 1.807) is 7.11 Å². The molecule has 0 spiro atoms. The quantitative estimate of drug-likeness (QED) is 0.822. The molecule has 2 saturated carbocycles. The minimum absolute atomic E-state index is 0.706. The molecule has 19 heavy (non-hydrogen) atoms. The van der Waals surface area contributed by atoms with E-state index in [1.165, 1.54) is 31.4 Å². The maximum atomic E-state index is 5.61. The van der Waals surface area contributed by atoms with Gasteiger partial charge in [-0.15, -0.1) is 0 Å². The summed E-state index contributed by atoms with van der Waals surface area (Å²) in [7, 11) is 6.20. The molecule has 0 radical (unpaired) electrons. The van der Waals surface area contributed by atoms with Gasteiger partial charge in [-0.3, -0.25) is 0 Å². The lowest BCUT2D eigenvalue weighted by atomic mass is 9.75. The van der Waals surface area contributed by atoms with E-state index in [-0.39, 0.29) is 0 Å². The van der Waals surface area contributed by atoms with Crippen LogP contribution in [0, 0.1) is 17.8 Å². The Labute approximate surface area is 116 Å². The Balaban J connectivity index is 1.92. The number of methoxy groups -OCH3 is 1. The Morgan fingerprint density at radius 1 is 1.16 bits per heavy atom. The third kappa shape index (κ3) is 2.27. The molecule has 2 heteroatoms. The summed E-state index contributed by atoms with van der Waals surface area (Å²) in [6.45, 7) is 1.21. The predicted octanol–water partition coefficient (Wildman–Crippen LogP) is 3.39. The molecule has 2 aliphatic carbocycles. The summed E-state index contributed by atoms with van der Waals surface area (Å²) < 4.78 is 5.61. The van der Waals surface area contributed by atoms with Gasteiger partial charge in [-0.05, 0) is 68.7 Å². The first-order valence-electron chi connectivity index (χ1n) is 7.48. The number of para-hydroxylation sites is 1. The lowest BCUT2D eigenvalue weighted by Crippen LogP contribution is -2.31. The summed E-state index contributed by atoms with van der Waals surface area (Å²) >= 11 is 0. The van der Waals surface area contributed by atoms with Crippen molar-refractivity contribution in [2.24, 2.45) is 17.8 Å². The third-order valence-electron chi connectivity index (χ3n) is 5.16. The van der Waals surface area contributed by atoms with E-state index in [1.807, 2.05) is 0 Å². The van der Waals surface area contributed by atoms with E-state index in [2.05, 4.69) is 43.3 Å². The van der Waals surface area contributed by atoms with Crippen LogP contribution in [-0.2, 0) is 0 Å². The summed E-state index contributed by atoms with van der Waals surface area (Å²) in [5.41, 5.74) is 1.45. The molecule has 104 valence electrons. The smallest absolute Gasteiger partial charge is 0.122 e. The molecule has 2 fully saturated rings. The molecule has 1 aromatic rings. The Hall–Kier alpha value is -1.02. The molecule has 4 atom stereocenters. The van der Waals surface area contributed by atoms with Crippen molar-refractivity contribution >= 4 is 0 Å². The highest BCUT2D eigenvalue weighted by Crippen LogP contribution is 2.57. The number of hydrogen-bond donors (Lipinski definition) is 0. The Morgan fingerprint density at radius 2 is 1.89 bits per heavy atom. The van der Waals surface area contributed by atoms with Gasteiger partial charge in [0.05, 0.1) is 7.11 Å². The van der Waals surface area contributed by atoms with Crippen LogP contribution < -0.4 is 4.74 Å². The van der Waals surface area contributed by atoms with Gasteiger partial charge in [-0.1, -0.05) is 18.2 Å². The number of hydrogen-bond acceptors (Lipinski definition) is 2. The van der Waals surface area contributed by atoms with Crippen molar-refractivity contribution in [1.82, 2.24) is 4.90 Å². The fraction of sp³-hybridized carbons (Fsp3) is 0.647. The highest BCUT2D eigenvalue weighted by Gasteiger charge is 2.48. The van der Waals surface area contributed by atoms with Crippen molar-refractivity contribution in [2.75, 3.05) is 27.7 Å². The zero-order valence-electron chi connectivity index (χ0n) is 12.3. The van der Waals surface area contributed by atoms with Crippen LogP contribution in [0.3, 0.4) is 0 Å². The van der Waals surface area contributed by atoms with Crippen molar-refractivity contribution in [3.05, 3.63) is 29.8 Å². The molecular formula is C17H25NO. The summed E-state index contributed by atoms with van der Waals surface area (Å²) in [6.07, 6.45) is 4.29.